The maximum absolute atomic E-state index is 15.0. The van der Waals surface area contributed by atoms with Gasteiger partial charge < -0.3 is 24.6 Å². The van der Waals surface area contributed by atoms with Crippen molar-refractivity contribution in [2.75, 3.05) is 55.4 Å². The molecule has 0 bridgehead atoms. The molecule has 0 spiro atoms. The number of amides is 3. The number of likely N-dealkylation sites (N-methyl/N-ethyl adjacent to an activating group) is 1. The zero-order valence-corrected chi connectivity index (χ0v) is 22.5. The van der Waals surface area contributed by atoms with Gasteiger partial charge in [-0.2, -0.15) is 4.98 Å². The van der Waals surface area contributed by atoms with E-state index in [-0.39, 0.29) is 24.6 Å². The molecule has 0 unspecified atom stereocenters. The maximum atomic E-state index is 15.0. The van der Waals surface area contributed by atoms with Crippen LogP contribution in [0.1, 0.15) is 39.5 Å². The van der Waals surface area contributed by atoms with Crippen molar-refractivity contribution in [2.45, 2.75) is 57.3 Å². The SMILES string of the molecule is CCOc1cnc(NC(=O)N(C)[C@H]2CN(c3nccc(NC(=O)OC4(CC)CCNCC4)n3)CC[C@H]2F)cn1. The molecular formula is C25H36FN9O4. The van der Waals surface area contributed by atoms with E-state index in [1.54, 1.807) is 11.0 Å². The van der Waals surface area contributed by atoms with Gasteiger partial charge in [-0.3, -0.25) is 10.6 Å². The monoisotopic (exact) mass is 545 g/mol. The highest BCUT2D eigenvalue weighted by Crippen LogP contribution is 2.28. The van der Waals surface area contributed by atoms with Gasteiger partial charge in [-0.1, -0.05) is 6.92 Å². The topological polar surface area (TPSA) is 147 Å². The Morgan fingerprint density at radius 2 is 1.97 bits per heavy atom. The molecule has 2 aliphatic heterocycles. The largest absolute Gasteiger partial charge is 0.477 e. The molecule has 3 amide bonds. The van der Waals surface area contributed by atoms with Crippen molar-refractivity contribution in [3.05, 3.63) is 24.7 Å². The predicted molar refractivity (Wildman–Crippen MR) is 143 cm³/mol. The summed E-state index contributed by atoms with van der Waals surface area (Å²) in [5, 5.41) is 8.61. The summed E-state index contributed by atoms with van der Waals surface area (Å²) in [7, 11) is 1.53. The molecule has 4 heterocycles. The van der Waals surface area contributed by atoms with Crippen LogP contribution in [-0.4, -0.2) is 94.6 Å². The zero-order chi connectivity index (χ0) is 27.8. The third-order valence-electron chi connectivity index (χ3n) is 7.10. The molecule has 14 heteroatoms. The quantitative estimate of drug-likeness (QED) is 0.452. The van der Waals surface area contributed by atoms with Crippen molar-refractivity contribution in [2.24, 2.45) is 0 Å². The average molecular weight is 546 g/mol. The fourth-order valence-electron chi connectivity index (χ4n) is 4.71. The minimum absolute atomic E-state index is 0.167. The van der Waals surface area contributed by atoms with Crippen LogP contribution in [0.4, 0.5) is 31.6 Å². The van der Waals surface area contributed by atoms with Gasteiger partial charge in [0.25, 0.3) is 0 Å². The van der Waals surface area contributed by atoms with E-state index in [4.69, 9.17) is 9.47 Å². The number of halogens is 1. The second-order valence-electron chi connectivity index (χ2n) is 9.57. The second-order valence-corrected chi connectivity index (χ2v) is 9.57. The Kier molecular flexibility index (Phi) is 9.28. The number of piperidine rings is 2. The summed E-state index contributed by atoms with van der Waals surface area (Å²) < 4.78 is 26.0. The first-order chi connectivity index (χ1) is 18.8. The van der Waals surface area contributed by atoms with E-state index in [1.807, 2.05) is 13.8 Å². The molecular weight excluding hydrogens is 509 g/mol. The number of carbonyl (C=O) groups excluding carboxylic acids is 2. The third-order valence-corrected chi connectivity index (χ3v) is 7.10. The number of carbonyl (C=O) groups is 2. The number of nitrogens with zero attached hydrogens (tertiary/aromatic N) is 6. The van der Waals surface area contributed by atoms with Gasteiger partial charge in [-0.05, 0) is 51.8 Å². The van der Waals surface area contributed by atoms with Crippen LogP contribution in [0.25, 0.3) is 0 Å². The van der Waals surface area contributed by atoms with Crippen LogP contribution >= 0.6 is 0 Å². The lowest BCUT2D eigenvalue weighted by molar-refractivity contribution is -0.00726. The molecule has 3 N–H and O–H groups in total. The van der Waals surface area contributed by atoms with Crippen LogP contribution in [0.5, 0.6) is 5.88 Å². The van der Waals surface area contributed by atoms with Gasteiger partial charge in [0.2, 0.25) is 11.8 Å². The van der Waals surface area contributed by atoms with Gasteiger partial charge >= 0.3 is 12.1 Å². The van der Waals surface area contributed by atoms with Gasteiger partial charge in [-0.15, -0.1) is 0 Å². The van der Waals surface area contributed by atoms with Crippen molar-refractivity contribution < 1.29 is 23.5 Å². The van der Waals surface area contributed by atoms with Gasteiger partial charge in [-0.25, -0.2) is 28.9 Å². The van der Waals surface area contributed by atoms with Crippen LogP contribution in [0.2, 0.25) is 0 Å². The number of aromatic nitrogens is 4. The lowest BCUT2D eigenvalue weighted by Crippen LogP contribution is -2.55. The molecule has 2 atom stereocenters. The molecule has 39 heavy (non-hydrogen) atoms. The molecule has 0 aliphatic carbocycles. The van der Waals surface area contributed by atoms with Crippen LogP contribution in [-0.2, 0) is 4.74 Å². The fraction of sp³-hybridized carbons (Fsp3) is 0.600. The number of ether oxygens (including phenoxy) is 2. The minimum Gasteiger partial charge on any atom is -0.477 e. The van der Waals surface area contributed by atoms with Crippen LogP contribution in [0, 0.1) is 0 Å². The number of hydrogen-bond donors (Lipinski definition) is 3. The first-order valence-electron chi connectivity index (χ1n) is 13.2. The number of anilines is 3. The Hall–Kier alpha value is -3.81. The summed E-state index contributed by atoms with van der Waals surface area (Å²) in [5.41, 5.74) is -0.497. The molecule has 0 saturated carbocycles. The number of hydrogen-bond acceptors (Lipinski definition) is 10. The first kappa shape index (κ1) is 28.2. The molecule has 13 nitrogen and oxygen atoms in total. The molecule has 2 aromatic rings. The standard InChI is InChI=1S/C25H36FN9O4/c1-4-25(8-11-27-12-9-25)39-24(37)33-19-6-10-28-22(31-19)35-13-7-17(26)18(16-35)34(3)23(36)32-20-14-30-21(15-29-20)38-5-2/h6,10,14-15,17-18,27H,4-5,7-9,11-13,16H2,1-3H3,(H,29,32,36)(H,28,31,33,37)/t17-,18+/m1/s1. The molecule has 2 aromatic heterocycles. The maximum Gasteiger partial charge on any atom is 0.413 e. The van der Waals surface area contributed by atoms with Crippen molar-refractivity contribution in [1.29, 1.82) is 0 Å². The van der Waals surface area contributed by atoms with Crippen LogP contribution < -0.4 is 25.6 Å². The van der Waals surface area contributed by atoms with Gasteiger partial charge in [0, 0.05) is 26.3 Å². The highest BCUT2D eigenvalue weighted by Gasteiger charge is 2.36. The number of alkyl halides is 1. The minimum atomic E-state index is -1.24. The van der Waals surface area contributed by atoms with Crippen molar-refractivity contribution in [1.82, 2.24) is 30.2 Å². The molecule has 2 aliphatic rings. The van der Waals surface area contributed by atoms with Gasteiger partial charge in [0.15, 0.2) is 5.82 Å². The Bertz CT molecular complexity index is 1120. The highest BCUT2D eigenvalue weighted by atomic mass is 19.1. The van der Waals surface area contributed by atoms with E-state index >= 15 is 0 Å². The summed E-state index contributed by atoms with van der Waals surface area (Å²) in [5.74, 6) is 1.17. The third kappa shape index (κ3) is 7.19. The summed E-state index contributed by atoms with van der Waals surface area (Å²) in [6.07, 6.45) is 4.89. The predicted octanol–water partition coefficient (Wildman–Crippen LogP) is 2.83. The number of nitrogens with one attached hydrogen (secondary N) is 3. The van der Waals surface area contributed by atoms with E-state index in [9.17, 15) is 14.0 Å². The second kappa shape index (κ2) is 12.8. The normalized spacial score (nSPS) is 20.6. The Morgan fingerprint density at radius 1 is 1.18 bits per heavy atom. The Balaban J connectivity index is 1.37. The summed E-state index contributed by atoms with van der Waals surface area (Å²) >= 11 is 0. The van der Waals surface area contributed by atoms with E-state index in [2.05, 4.69) is 35.9 Å². The summed E-state index contributed by atoms with van der Waals surface area (Å²) in [6, 6.07) is 0.288. The summed E-state index contributed by atoms with van der Waals surface area (Å²) in [4.78, 5) is 45.5. The molecule has 2 fully saturated rings. The lowest BCUT2D eigenvalue weighted by atomic mass is 9.89. The van der Waals surface area contributed by atoms with E-state index in [1.165, 1.54) is 30.5 Å². The molecule has 0 aromatic carbocycles. The number of urea groups is 1. The van der Waals surface area contributed by atoms with Crippen molar-refractivity contribution in [3.63, 3.8) is 0 Å². The first-order valence-corrected chi connectivity index (χ1v) is 13.2. The molecule has 2 saturated heterocycles. The van der Waals surface area contributed by atoms with Gasteiger partial charge in [0.1, 0.15) is 17.6 Å². The number of rotatable bonds is 8. The average Bonchev–Trinajstić information content (AvgIpc) is 2.94. The smallest absolute Gasteiger partial charge is 0.413 e. The highest BCUT2D eigenvalue weighted by molar-refractivity contribution is 5.88. The lowest BCUT2D eigenvalue weighted by Gasteiger charge is -2.39. The van der Waals surface area contributed by atoms with Crippen LogP contribution in [0.3, 0.4) is 0 Å². The van der Waals surface area contributed by atoms with Crippen molar-refractivity contribution in [3.8, 4) is 5.88 Å². The fourth-order valence-corrected chi connectivity index (χ4v) is 4.71. The summed E-state index contributed by atoms with van der Waals surface area (Å²) in [6.45, 7) is 6.40. The molecule has 0 radical (unpaired) electrons. The van der Waals surface area contributed by atoms with E-state index < -0.39 is 29.9 Å². The molecule has 212 valence electrons. The Labute approximate surface area is 226 Å². The van der Waals surface area contributed by atoms with Crippen molar-refractivity contribution >= 4 is 29.7 Å². The van der Waals surface area contributed by atoms with E-state index in [0.717, 1.165) is 32.4 Å². The van der Waals surface area contributed by atoms with Gasteiger partial charge in [0.05, 0.1) is 25.0 Å². The zero-order valence-electron chi connectivity index (χ0n) is 22.5. The Morgan fingerprint density at radius 3 is 2.67 bits per heavy atom. The molecule has 4 rings (SSSR count). The van der Waals surface area contributed by atoms with Crippen LogP contribution in [0.15, 0.2) is 24.7 Å². The van der Waals surface area contributed by atoms with E-state index in [0.29, 0.717) is 25.0 Å².